The third-order valence-corrected chi connectivity index (χ3v) is 5.43. The monoisotopic (exact) mass is 320 g/mol. The van der Waals surface area contributed by atoms with E-state index in [1.807, 2.05) is 25.1 Å². The van der Waals surface area contributed by atoms with Crippen LogP contribution in [0.5, 0.6) is 0 Å². The highest BCUT2D eigenvalue weighted by molar-refractivity contribution is 7.12. The van der Waals surface area contributed by atoms with Gasteiger partial charge in [-0.1, -0.05) is 12.2 Å². The van der Waals surface area contributed by atoms with Crippen LogP contribution in [-0.2, 0) is 9.59 Å². The number of hydrogen-bond acceptors (Lipinski definition) is 4. The molecule has 3 rings (SSSR count). The smallest absolute Gasteiger partial charge is 0.307 e. The molecule has 0 spiro atoms. The normalized spacial score (nSPS) is 28.6. The Morgan fingerprint density at radius 2 is 1.86 bits per heavy atom. The number of carboxylic acids is 1. The van der Waals surface area contributed by atoms with Gasteiger partial charge in [0.1, 0.15) is 0 Å². The van der Waals surface area contributed by atoms with Crippen molar-refractivity contribution in [2.75, 3.05) is 0 Å². The summed E-state index contributed by atoms with van der Waals surface area (Å²) in [5, 5.41) is 11.1. The van der Waals surface area contributed by atoms with E-state index in [2.05, 4.69) is 10.9 Å². The van der Waals surface area contributed by atoms with Crippen molar-refractivity contribution >= 4 is 29.1 Å². The van der Waals surface area contributed by atoms with Gasteiger partial charge in [0, 0.05) is 0 Å². The Bertz CT molecular complexity index is 666. The lowest BCUT2D eigenvalue weighted by Crippen LogP contribution is -2.48. The maximum atomic E-state index is 12.3. The van der Waals surface area contributed by atoms with Crippen molar-refractivity contribution in [3.8, 4) is 0 Å². The predicted octanol–water partition coefficient (Wildman–Crippen LogP) is 1.34. The van der Waals surface area contributed by atoms with Gasteiger partial charge in [-0.2, -0.15) is 0 Å². The number of rotatable bonds is 3. The standard InChI is InChI=1S/C15H16N2O4S/c1-7-4-5-22-12(7)14(19)17-16-13(18)10-8-2-3-9(6-8)11(10)15(20)21/h2-5,8-11H,6H2,1H3,(H,16,18)(H,17,19)(H,20,21)/t8-,9-,10+,11-/m0/s1. The average molecular weight is 320 g/mol. The first-order chi connectivity index (χ1) is 10.5. The molecule has 2 aliphatic carbocycles. The molecule has 1 aromatic heterocycles. The topological polar surface area (TPSA) is 95.5 Å². The molecule has 116 valence electrons. The van der Waals surface area contributed by atoms with Crippen LogP contribution in [0.2, 0.25) is 0 Å². The van der Waals surface area contributed by atoms with E-state index in [0.717, 1.165) is 5.56 Å². The lowest BCUT2D eigenvalue weighted by atomic mass is 9.82. The van der Waals surface area contributed by atoms with Crippen molar-refractivity contribution in [1.82, 2.24) is 10.9 Å². The number of aryl methyl sites for hydroxylation is 1. The number of nitrogens with one attached hydrogen (secondary N) is 2. The first-order valence-electron chi connectivity index (χ1n) is 7.04. The number of aliphatic carboxylic acids is 1. The second-order valence-electron chi connectivity index (χ2n) is 5.71. The van der Waals surface area contributed by atoms with Gasteiger partial charge in [0.15, 0.2) is 0 Å². The second kappa shape index (κ2) is 5.57. The SMILES string of the molecule is Cc1ccsc1C(=O)NNC(=O)[C@H]1[C@@H](C(=O)O)[C@H]2C=C[C@H]1C2. The summed E-state index contributed by atoms with van der Waals surface area (Å²) in [6, 6.07) is 1.82. The molecular formula is C15H16N2O4S. The van der Waals surface area contributed by atoms with Crippen molar-refractivity contribution in [2.24, 2.45) is 23.7 Å². The van der Waals surface area contributed by atoms with Crippen molar-refractivity contribution in [1.29, 1.82) is 0 Å². The third kappa shape index (κ3) is 2.41. The summed E-state index contributed by atoms with van der Waals surface area (Å²) in [5.74, 6) is -3.27. The second-order valence-corrected chi connectivity index (χ2v) is 6.63. The minimum atomic E-state index is -0.961. The van der Waals surface area contributed by atoms with E-state index in [-0.39, 0.29) is 17.7 Å². The Morgan fingerprint density at radius 3 is 2.45 bits per heavy atom. The summed E-state index contributed by atoms with van der Waals surface area (Å²) in [5.41, 5.74) is 5.59. The van der Waals surface area contributed by atoms with Crippen LogP contribution in [0.4, 0.5) is 0 Å². The van der Waals surface area contributed by atoms with E-state index in [1.165, 1.54) is 11.3 Å². The minimum Gasteiger partial charge on any atom is -0.481 e. The van der Waals surface area contributed by atoms with Crippen molar-refractivity contribution in [3.05, 3.63) is 34.0 Å². The van der Waals surface area contributed by atoms with E-state index >= 15 is 0 Å². The summed E-state index contributed by atoms with van der Waals surface area (Å²) >= 11 is 1.29. The van der Waals surface area contributed by atoms with Crippen molar-refractivity contribution < 1.29 is 19.5 Å². The molecule has 0 aromatic carbocycles. The van der Waals surface area contributed by atoms with Crippen LogP contribution < -0.4 is 10.9 Å². The fourth-order valence-corrected chi connectivity index (χ4v) is 4.20. The molecule has 0 unspecified atom stereocenters. The molecule has 1 heterocycles. The zero-order valence-electron chi connectivity index (χ0n) is 11.9. The van der Waals surface area contributed by atoms with Gasteiger partial charge in [0.05, 0.1) is 16.7 Å². The molecule has 7 heteroatoms. The first-order valence-corrected chi connectivity index (χ1v) is 7.92. The lowest BCUT2D eigenvalue weighted by molar-refractivity contribution is -0.148. The number of hydrazine groups is 1. The highest BCUT2D eigenvalue weighted by atomic mass is 32.1. The van der Waals surface area contributed by atoms with Crippen LogP contribution in [0.3, 0.4) is 0 Å². The molecule has 1 saturated carbocycles. The molecular weight excluding hydrogens is 304 g/mol. The molecule has 2 amide bonds. The minimum absolute atomic E-state index is 0.0634. The van der Waals surface area contributed by atoms with Crippen molar-refractivity contribution in [2.45, 2.75) is 13.3 Å². The molecule has 6 nitrogen and oxygen atoms in total. The summed E-state index contributed by atoms with van der Waals surface area (Å²) in [4.78, 5) is 36.2. The van der Waals surface area contributed by atoms with Gasteiger partial charge in [-0.3, -0.25) is 25.2 Å². The Balaban J connectivity index is 1.65. The number of carboxylic acid groups (broad SMARTS) is 1. The molecule has 2 aliphatic rings. The third-order valence-electron chi connectivity index (χ3n) is 4.41. The van der Waals surface area contributed by atoms with E-state index < -0.39 is 23.7 Å². The molecule has 0 saturated heterocycles. The Kier molecular flexibility index (Phi) is 3.74. The van der Waals surface area contributed by atoms with Gasteiger partial charge in [0.2, 0.25) is 5.91 Å². The highest BCUT2D eigenvalue weighted by Crippen LogP contribution is 2.48. The van der Waals surface area contributed by atoms with Gasteiger partial charge in [-0.05, 0) is 42.2 Å². The molecule has 22 heavy (non-hydrogen) atoms. The summed E-state index contributed by atoms with van der Waals surface area (Å²) in [6.07, 6.45) is 4.47. The molecule has 3 N–H and O–H groups in total. The van der Waals surface area contributed by atoms with Gasteiger partial charge >= 0.3 is 5.97 Å². The number of hydrogen-bond donors (Lipinski definition) is 3. The maximum absolute atomic E-state index is 12.3. The molecule has 0 aliphatic heterocycles. The Labute approximate surface area is 131 Å². The quantitative estimate of drug-likeness (QED) is 0.578. The Hall–Kier alpha value is -2.15. The molecule has 1 fully saturated rings. The fourth-order valence-electron chi connectivity index (χ4n) is 3.38. The van der Waals surface area contributed by atoms with E-state index in [9.17, 15) is 19.5 Å². The zero-order valence-corrected chi connectivity index (χ0v) is 12.7. The van der Waals surface area contributed by atoms with Crippen LogP contribution in [0.1, 0.15) is 21.7 Å². The van der Waals surface area contributed by atoms with Gasteiger partial charge < -0.3 is 5.11 Å². The van der Waals surface area contributed by atoms with Crippen LogP contribution in [-0.4, -0.2) is 22.9 Å². The van der Waals surface area contributed by atoms with Crippen LogP contribution >= 0.6 is 11.3 Å². The van der Waals surface area contributed by atoms with Gasteiger partial charge in [-0.25, -0.2) is 0 Å². The molecule has 2 bridgehead atoms. The van der Waals surface area contributed by atoms with E-state index in [0.29, 0.717) is 11.3 Å². The molecule has 0 radical (unpaired) electrons. The first kappa shape index (κ1) is 14.8. The van der Waals surface area contributed by atoms with Gasteiger partial charge in [-0.15, -0.1) is 11.3 Å². The number of allylic oxidation sites excluding steroid dienone is 2. The van der Waals surface area contributed by atoms with Crippen LogP contribution in [0.15, 0.2) is 23.6 Å². The maximum Gasteiger partial charge on any atom is 0.307 e. The largest absolute Gasteiger partial charge is 0.481 e. The summed E-state index contributed by atoms with van der Waals surface area (Å²) in [6.45, 7) is 1.81. The highest BCUT2D eigenvalue weighted by Gasteiger charge is 2.51. The number of thiophene rings is 1. The zero-order chi connectivity index (χ0) is 15.9. The number of carbonyl (C=O) groups is 3. The van der Waals surface area contributed by atoms with Gasteiger partial charge in [0.25, 0.3) is 5.91 Å². The summed E-state index contributed by atoms with van der Waals surface area (Å²) in [7, 11) is 0. The molecule has 4 atom stereocenters. The lowest BCUT2D eigenvalue weighted by Gasteiger charge is -2.23. The van der Waals surface area contributed by atoms with Crippen LogP contribution in [0, 0.1) is 30.6 Å². The summed E-state index contributed by atoms with van der Waals surface area (Å²) < 4.78 is 0. The fraction of sp³-hybridized carbons (Fsp3) is 0.400. The number of amides is 2. The average Bonchev–Trinajstić information content (AvgIpc) is 3.18. The van der Waals surface area contributed by atoms with E-state index in [1.54, 1.807) is 5.38 Å². The Morgan fingerprint density at radius 1 is 1.18 bits per heavy atom. The van der Waals surface area contributed by atoms with E-state index in [4.69, 9.17) is 0 Å². The predicted molar refractivity (Wildman–Crippen MR) is 80.0 cm³/mol. The molecule has 1 aromatic rings. The van der Waals surface area contributed by atoms with Crippen LogP contribution in [0.25, 0.3) is 0 Å². The van der Waals surface area contributed by atoms with Crippen molar-refractivity contribution in [3.63, 3.8) is 0 Å². The number of carbonyl (C=O) groups excluding carboxylic acids is 2. The number of fused-ring (bicyclic) bond motifs is 2.